The number of hydrogen-bond acceptors (Lipinski definition) is 10. The third kappa shape index (κ3) is 8.78. The highest BCUT2D eigenvalue weighted by molar-refractivity contribution is 9.10. The molecule has 4 aromatic rings. The van der Waals surface area contributed by atoms with Crippen LogP contribution >= 0.6 is 50.5 Å². The molecule has 244 valence electrons. The van der Waals surface area contributed by atoms with Gasteiger partial charge in [0.25, 0.3) is 17.8 Å². The van der Waals surface area contributed by atoms with Crippen LogP contribution in [-0.2, 0) is 11.3 Å². The number of nitrogens with zero attached hydrogens (tertiary/aromatic N) is 9. The molecule has 0 radical (unpaired) electrons. The van der Waals surface area contributed by atoms with E-state index in [4.69, 9.17) is 27.9 Å². The zero-order valence-corrected chi connectivity index (χ0v) is 28.7. The first-order valence-electron chi connectivity index (χ1n) is 13.2. The van der Waals surface area contributed by atoms with Gasteiger partial charge in [0.2, 0.25) is 0 Å². The highest BCUT2D eigenvalue weighted by Gasteiger charge is 2.26. The number of nitriles is 1. The first-order chi connectivity index (χ1) is 22.4. The van der Waals surface area contributed by atoms with Crippen molar-refractivity contribution in [3.63, 3.8) is 0 Å². The largest absolute Gasteiger partial charge is 0.355 e. The average molecular weight is 765 g/mol. The number of rotatable bonds is 7. The van der Waals surface area contributed by atoms with Crippen molar-refractivity contribution in [2.75, 3.05) is 32.9 Å². The normalized spacial score (nSPS) is 13.4. The summed E-state index contributed by atoms with van der Waals surface area (Å²) in [5.74, 6) is -0.408. The number of nitrogens with one attached hydrogen (secondary N) is 2. The molecule has 2 N–H and O–H groups in total. The zero-order chi connectivity index (χ0) is 34.2. The molecule has 3 aromatic heterocycles. The van der Waals surface area contributed by atoms with Crippen molar-refractivity contribution >= 4 is 73.9 Å². The van der Waals surface area contributed by atoms with E-state index < -0.39 is 16.8 Å². The number of carbonyl (C=O) groups is 2. The Balaban J connectivity index is 0.000000238. The van der Waals surface area contributed by atoms with Gasteiger partial charge in [-0.3, -0.25) is 9.59 Å². The average Bonchev–Trinajstić information content (AvgIpc) is 3.64. The number of anilines is 1. The van der Waals surface area contributed by atoms with Crippen LogP contribution in [0.3, 0.4) is 0 Å². The predicted molar refractivity (Wildman–Crippen MR) is 177 cm³/mol. The van der Waals surface area contributed by atoms with Crippen LogP contribution in [-0.4, -0.2) is 79.9 Å². The molecular formula is C27H24BrCl2N11O5S. The standard InChI is InChI=1S/C19H14BrClN6O2.C8H10ClN5O3S/c1-10-6-11(9-22)7-12(18(28)23-2)16(10)25-19(29)14-8-15(20)26-27(14)17-13(21)4-3-5-24-17;1-12-4-17-5-13(8(12)11-14(15)16)3-6-2-10-7(9)18-6/h3-8H,1-2H3,(H,23,28)(H,25,29);2H,3-5H2,1H3/b;11-8-. The molecule has 0 unspecified atom stereocenters. The number of thiazole rings is 1. The lowest BCUT2D eigenvalue weighted by molar-refractivity contribution is -0.486. The number of ether oxygens (including phenoxy) is 1. The van der Waals surface area contributed by atoms with Crippen LogP contribution in [0.4, 0.5) is 5.69 Å². The van der Waals surface area contributed by atoms with Gasteiger partial charge >= 0.3 is 0 Å². The Morgan fingerprint density at radius 2 is 2.02 bits per heavy atom. The van der Waals surface area contributed by atoms with E-state index in [2.05, 4.69) is 46.7 Å². The minimum Gasteiger partial charge on any atom is -0.355 e. The summed E-state index contributed by atoms with van der Waals surface area (Å²) in [4.78, 5) is 48.0. The topological polar surface area (TPSA) is 197 Å². The summed E-state index contributed by atoms with van der Waals surface area (Å²) in [7, 11) is 3.14. The van der Waals surface area contributed by atoms with Gasteiger partial charge in [-0.1, -0.05) is 23.2 Å². The maximum atomic E-state index is 13.0. The van der Waals surface area contributed by atoms with Gasteiger partial charge < -0.3 is 25.2 Å². The zero-order valence-electron chi connectivity index (χ0n) is 24.8. The summed E-state index contributed by atoms with van der Waals surface area (Å²) in [6.45, 7) is 2.63. The van der Waals surface area contributed by atoms with Crippen molar-refractivity contribution in [2.24, 2.45) is 5.10 Å². The fourth-order valence-corrected chi connectivity index (χ4v) is 5.81. The van der Waals surface area contributed by atoms with Gasteiger partial charge in [0, 0.05) is 37.4 Å². The summed E-state index contributed by atoms with van der Waals surface area (Å²) in [5.41, 5.74) is 1.51. The second kappa shape index (κ2) is 15.8. The molecule has 1 aliphatic heterocycles. The van der Waals surface area contributed by atoms with Crippen molar-refractivity contribution in [1.82, 2.24) is 34.9 Å². The summed E-state index contributed by atoms with van der Waals surface area (Å²) in [5, 5.41) is 32.1. The van der Waals surface area contributed by atoms with E-state index >= 15 is 0 Å². The van der Waals surface area contributed by atoms with Gasteiger partial charge in [-0.25, -0.2) is 24.8 Å². The van der Waals surface area contributed by atoms with Gasteiger partial charge in [-0.15, -0.1) is 11.3 Å². The maximum Gasteiger partial charge on any atom is 0.277 e. The van der Waals surface area contributed by atoms with Crippen molar-refractivity contribution in [3.8, 4) is 11.9 Å². The van der Waals surface area contributed by atoms with Gasteiger partial charge in [0.05, 0.1) is 34.5 Å². The smallest absolute Gasteiger partial charge is 0.277 e. The van der Waals surface area contributed by atoms with E-state index in [1.165, 1.54) is 41.4 Å². The number of amides is 2. The Hall–Kier alpha value is -4.67. The molecule has 20 heteroatoms. The number of pyridine rings is 1. The number of hydrazone groups is 1. The Labute approximate surface area is 289 Å². The third-order valence-electron chi connectivity index (χ3n) is 6.23. The Morgan fingerprint density at radius 3 is 2.66 bits per heavy atom. The van der Waals surface area contributed by atoms with E-state index in [0.717, 1.165) is 4.88 Å². The Bertz CT molecular complexity index is 1890. The van der Waals surface area contributed by atoms with Gasteiger partial charge in [0.15, 0.2) is 15.3 Å². The number of aromatic nitrogens is 4. The fourth-order valence-electron chi connectivity index (χ4n) is 4.24. The second-order valence-electron chi connectivity index (χ2n) is 9.51. The van der Waals surface area contributed by atoms with Crippen molar-refractivity contribution in [3.05, 3.63) is 94.2 Å². The molecule has 2 amide bonds. The SMILES string of the molecule is CN1COCN(Cc2cnc(Cl)s2)/C1=N\[N+](=O)[O-].CNC(=O)c1cc(C#N)cc(C)c1NC(=O)c1cc(Br)nn1-c1ncccc1Cl. The van der Waals surface area contributed by atoms with Gasteiger partial charge in [0.1, 0.15) is 28.9 Å². The number of guanidine groups is 1. The summed E-state index contributed by atoms with van der Waals surface area (Å²) >= 11 is 16.5. The van der Waals surface area contributed by atoms with E-state index in [1.807, 2.05) is 6.07 Å². The predicted octanol–water partition coefficient (Wildman–Crippen LogP) is 4.50. The molecule has 1 fully saturated rings. The lowest BCUT2D eigenvalue weighted by Gasteiger charge is -2.34. The van der Waals surface area contributed by atoms with Crippen LogP contribution in [0, 0.1) is 28.4 Å². The van der Waals surface area contributed by atoms with Crippen molar-refractivity contribution < 1.29 is 19.4 Å². The van der Waals surface area contributed by atoms with E-state index in [9.17, 15) is 25.0 Å². The molecule has 0 bridgehead atoms. The number of halogens is 3. The minimum absolute atomic E-state index is 0.157. The lowest BCUT2D eigenvalue weighted by Crippen LogP contribution is -2.49. The summed E-state index contributed by atoms with van der Waals surface area (Å²) in [6.07, 6.45) is 3.17. The molecular weight excluding hydrogens is 741 g/mol. The van der Waals surface area contributed by atoms with Crippen molar-refractivity contribution in [2.45, 2.75) is 13.5 Å². The van der Waals surface area contributed by atoms with Crippen LogP contribution in [0.5, 0.6) is 0 Å². The van der Waals surface area contributed by atoms with Crippen LogP contribution in [0.2, 0.25) is 9.49 Å². The highest BCUT2D eigenvalue weighted by Crippen LogP contribution is 2.26. The Kier molecular flexibility index (Phi) is 11.8. The number of nitro groups is 1. The summed E-state index contributed by atoms with van der Waals surface area (Å²) in [6, 6.07) is 9.83. The van der Waals surface area contributed by atoms with Gasteiger partial charge in [-0.05, 0) is 52.7 Å². The quantitative estimate of drug-likeness (QED) is 0.199. The molecule has 0 atom stereocenters. The van der Waals surface area contributed by atoms with Crippen LogP contribution in [0.15, 0.2) is 52.4 Å². The lowest BCUT2D eigenvalue weighted by atomic mass is 10.0. The molecule has 0 aliphatic carbocycles. The summed E-state index contributed by atoms with van der Waals surface area (Å²) < 4.78 is 7.43. The monoisotopic (exact) mass is 763 g/mol. The number of aryl methyl sites for hydroxylation is 1. The fraction of sp³-hybridized carbons (Fsp3) is 0.222. The first-order valence-corrected chi connectivity index (χ1v) is 15.6. The number of benzene rings is 1. The van der Waals surface area contributed by atoms with Gasteiger partial charge in [-0.2, -0.15) is 10.4 Å². The molecule has 16 nitrogen and oxygen atoms in total. The molecule has 5 rings (SSSR count). The Morgan fingerprint density at radius 1 is 1.26 bits per heavy atom. The highest BCUT2D eigenvalue weighted by atomic mass is 79.9. The molecule has 47 heavy (non-hydrogen) atoms. The van der Waals surface area contributed by atoms with Crippen molar-refractivity contribution in [1.29, 1.82) is 5.26 Å². The van der Waals surface area contributed by atoms with Crippen LogP contribution in [0.25, 0.3) is 5.82 Å². The van der Waals surface area contributed by atoms with E-state index in [-0.39, 0.29) is 36.5 Å². The first kappa shape index (κ1) is 35.2. The third-order valence-corrected chi connectivity index (χ3v) is 8.01. The molecule has 0 saturated carbocycles. The molecule has 4 heterocycles. The van der Waals surface area contributed by atoms with Crippen LogP contribution in [0.1, 0.15) is 36.9 Å². The molecule has 1 aliphatic rings. The molecule has 0 spiro atoms. The minimum atomic E-state index is -0.718. The van der Waals surface area contributed by atoms with Crippen LogP contribution < -0.4 is 10.6 Å². The number of hydrogen-bond donors (Lipinski definition) is 2. The molecule has 1 aromatic carbocycles. The second-order valence-corrected chi connectivity index (χ2v) is 12.4. The number of carbonyl (C=O) groups excluding carboxylic acids is 2. The van der Waals surface area contributed by atoms with E-state index in [1.54, 1.807) is 48.2 Å². The van der Waals surface area contributed by atoms with E-state index in [0.29, 0.717) is 37.5 Å². The molecule has 1 saturated heterocycles. The maximum absolute atomic E-state index is 13.0.